The first-order valence-corrected chi connectivity index (χ1v) is 13.0. The largest absolute Gasteiger partial charge is 0.368 e. The van der Waals surface area contributed by atoms with Gasteiger partial charge in [0.1, 0.15) is 11.4 Å². The average Bonchev–Trinajstić information content (AvgIpc) is 3.22. The first kappa shape index (κ1) is 22.7. The van der Waals surface area contributed by atoms with Crippen molar-refractivity contribution in [2.24, 2.45) is 17.6 Å². The molecule has 0 spiro atoms. The summed E-state index contributed by atoms with van der Waals surface area (Å²) in [6.07, 6.45) is 11.0. The van der Waals surface area contributed by atoms with Crippen LogP contribution in [0.25, 0.3) is 22.4 Å². The summed E-state index contributed by atoms with van der Waals surface area (Å²) >= 11 is 13.1. The number of primary amides is 1. The number of aromatic nitrogens is 2. The van der Waals surface area contributed by atoms with Gasteiger partial charge in [-0.1, -0.05) is 73.9 Å². The van der Waals surface area contributed by atoms with E-state index < -0.39 is 5.54 Å². The van der Waals surface area contributed by atoms with E-state index in [-0.39, 0.29) is 17.7 Å². The number of rotatable bonds is 5. The zero-order valence-electron chi connectivity index (χ0n) is 18.9. The summed E-state index contributed by atoms with van der Waals surface area (Å²) in [6.45, 7) is 0. The molecular weight excluding hydrogens is 453 g/mol. The molecule has 1 amide bonds. The predicted octanol–water partition coefficient (Wildman–Crippen LogP) is 7.35. The van der Waals surface area contributed by atoms with Gasteiger partial charge in [-0.05, 0) is 67.9 Å². The summed E-state index contributed by atoms with van der Waals surface area (Å²) in [5, 5.41) is 1.16. The highest BCUT2D eigenvalue weighted by Crippen LogP contribution is 2.51. The highest BCUT2D eigenvalue weighted by Gasteiger charge is 2.53. The van der Waals surface area contributed by atoms with Gasteiger partial charge in [-0.3, -0.25) is 4.79 Å². The van der Waals surface area contributed by atoms with Crippen molar-refractivity contribution >= 4 is 40.1 Å². The van der Waals surface area contributed by atoms with Crippen molar-refractivity contribution in [2.75, 3.05) is 0 Å². The number of hydrogen-bond donors (Lipinski definition) is 1. The second-order valence-electron chi connectivity index (χ2n) is 9.74. The Balaban J connectivity index is 1.86. The van der Waals surface area contributed by atoms with Crippen molar-refractivity contribution in [1.29, 1.82) is 0 Å². The van der Waals surface area contributed by atoms with E-state index in [9.17, 15) is 4.79 Å². The Bertz CT molecular complexity index is 1140. The van der Waals surface area contributed by atoms with Crippen LogP contribution in [0.1, 0.15) is 64.2 Å². The highest BCUT2D eigenvalue weighted by molar-refractivity contribution is 6.35. The van der Waals surface area contributed by atoms with Crippen LogP contribution in [0.4, 0.5) is 0 Å². The maximum Gasteiger partial charge on any atom is 0.244 e. The third-order valence-corrected chi connectivity index (χ3v) is 8.51. The summed E-state index contributed by atoms with van der Waals surface area (Å²) in [5.41, 5.74) is 8.19. The number of para-hydroxylation sites is 2. The summed E-state index contributed by atoms with van der Waals surface area (Å²) in [6, 6.07) is 13.5. The number of carbonyl (C=O) groups is 1. The van der Waals surface area contributed by atoms with Crippen LogP contribution in [0.3, 0.4) is 0 Å². The summed E-state index contributed by atoms with van der Waals surface area (Å²) in [5.74, 6) is 0.824. The molecule has 1 aromatic heterocycles. The van der Waals surface area contributed by atoms with Crippen LogP contribution < -0.4 is 5.73 Å². The maximum atomic E-state index is 13.8. The van der Waals surface area contributed by atoms with Crippen molar-refractivity contribution in [1.82, 2.24) is 9.55 Å². The van der Waals surface area contributed by atoms with Gasteiger partial charge < -0.3 is 10.3 Å². The van der Waals surface area contributed by atoms with Crippen LogP contribution in [0.2, 0.25) is 10.0 Å². The second kappa shape index (κ2) is 9.31. The van der Waals surface area contributed by atoms with Gasteiger partial charge in [0.2, 0.25) is 5.91 Å². The second-order valence-corrected chi connectivity index (χ2v) is 10.6. The Morgan fingerprint density at radius 3 is 2.12 bits per heavy atom. The summed E-state index contributed by atoms with van der Waals surface area (Å²) < 4.78 is 2.19. The molecule has 2 aromatic carbocycles. The molecule has 2 fully saturated rings. The Hall–Kier alpha value is -2.04. The quantitative estimate of drug-likeness (QED) is 0.412. The minimum absolute atomic E-state index is 0.182. The Kier molecular flexibility index (Phi) is 6.41. The third kappa shape index (κ3) is 3.85. The van der Waals surface area contributed by atoms with Gasteiger partial charge in [0.15, 0.2) is 0 Å². The number of carbonyl (C=O) groups excluding carboxylic acids is 1. The lowest BCUT2D eigenvalue weighted by atomic mass is 9.63. The number of fused-ring (bicyclic) bond motifs is 1. The molecule has 0 aliphatic heterocycles. The number of nitrogens with two attached hydrogens (primary N) is 1. The van der Waals surface area contributed by atoms with E-state index in [0.717, 1.165) is 68.0 Å². The Morgan fingerprint density at radius 2 is 1.52 bits per heavy atom. The molecular formula is C27H31Cl2N3O. The fourth-order valence-corrected chi connectivity index (χ4v) is 6.92. The molecule has 33 heavy (non-hydrogen) atoms. The van der Waals surface area contributed by atoms with Crippen LogP contribution in [0.15, 0.2) is 42.5 Å². The summed E-state index contributed by atoms with van der Waals surface area (Å²) in [7, 11) is 0. The third-order valence-electron chi connectivity index (χ3n) is 7.95. The lowest BCUT2D eigenvalue weighted by Crippen LogP contribution is -2.58. The molecule has 0 unspecified atom stereocenters. The van der Waals surface area contributed by atoms with E-state index in [1.165, 1.54) is 12.8 Å². The zero-order chi connectivity index (χ0) is 23.0. The van der Waals surface area contributed by atoms with Gasteiger partial charge in [-0.25, -0.2) is 4.98 Å². The Morgan fingerprint density at radius 1 is 0.909 bits per heavy atom. The van der Waals surface area contributed by atoms with Gasteiger partial charge in [-0.15, -0.1) is 0 Å². The maximum absolute atomic E-state index is 13.8. The molecule has 2 aliphatic carbocycles. The monoisotopic (exact) mass is 483 g/mol. The number of hydrogen-bond acceptors (Lipinski definition) is 2. The smallest absolute Gasteiger partial charge is 0.244 e. The molecule has 6 heteroatoms. The van der Waals surface area contributed by atoms with Crippen molar-refractivity contribution < 1.29 is 4.79 Å². The SMILES string of the molecule is NC(=O)C(C1CCCCC1)(C1CCCCC1)n1c(-c2cc(Cl)ccc2Cl)nc2ccccc21. The van der Waals surface area contributed by atoms with Gasteiger partial charge in [-0.2, -0.15) is 0 Å². The van der Waals surface area contributed by atoms with Gasteiger partial charge in [0, 0.05) is 10.6 Å². The molecule has 2 saturated carbocycles. The lowest BCUT2D eigenvalue weighted by molar-refractivity contribution is -0.135. The molecule has 0 atom stereocenters. The Labute approximate surface area is 205 Å². The van der Waals surface area contributed by atoms with E-state index in [0.29, 0.717) is 15.9 Å². The van der Waals surface area contributed by atoms with Gasteiger partial charge in [0.05, 0.1) is 16.1 Å². The lowest BCUT2D eigenvalue weighted by Gasteiger charge is -2.48. The fraction of sp³-hybridized carbons (Fsp3) is 0.481. The van der Waals surface area contributed by atoms with Crippen molar-refractivity contribution in [2.45, 2.75) is 69.7 Å². The molecule has 3 aromatic rings. The fourth-order valence-electron chi connectivity index (χ4n) is 6.55. The first-order chi connectivity index (χ1) is 16.0. The van der Waals surface area contributed by atoms with E-state index in [4.69, 9.17) is 33.9 Å². The minimum Gasteiger partial charge on any atom is -0.368 e. The normalized spacial score (nSPS) is 18.6. The van der Waals surface area contributed by atoms with E-state index in [1.807, 2.05) is 24.3 Å². The minimum atomic E-state index is -0.835. The molecule has 0 bridgehead atoms. The first-order valence-electron chi connectivity index (χ1n) is 12.3. The number of amides is 1. The van der Waals surface area contributed by atoms with Crippen LogP contribution in [0, 0.1) is 11.8 Å². The number of halogens is 2. The molecule has 1 heterocycles. The molecule has 4 nitrogen and oxygen atoms in total. The molecule has 2 N–H and O–H groups in total. The molecule has 0 saturated heterocycles. The summed E-state index contributed by atoms with van der Waals surface area (Å²) in [4.78, 5) is 18.8. The average molecular weight is 484 g/mol. The number of nitrogens with zero attached hydrogens (tertiary/aromatic N) is 2. The molecule has 5 rings (SSSR count). The standard InChI is InChI=1S/C27H31Cl2N3O/c28-20-15-16-22(29)21(17-20)25-31-23-13-7-8-14-24(23)32(25)27(26(30)33,18-9-3-1-4-10-18)19-11-5-2-6-12-19/h7-8,13-19H,1-6,9-12H2,(H2,30,33). The van der Waals surface area contributed by atoms with Crippen LogP contribution in [-0.4, -0.2) is 15.5 Å². The number of imidazole rings is 1. The zero-order valence-corrected chi connectivity index (χ0v) is 20.4. The number of benzene rings is 2. The molecule has 2 aliphatic rings. The van der Waals surface area contributed by atoms with Gasteiger partial charge >= 0.3 is 0 Å². The highest BCUT2D eigenvalue weighted by atomic mass is 35.5. The van der Waals surface area contributed by atoms with E-state index in [2.05, 4.69) is 10.6 Å². The van der Waals surface area contributed by atoms with Crippen molar-refractivity contribution in [3.05, 3.63) is 52.5 Å². The van der Waals surface area contributed by atoms with Crippen molar-refractivity contribution in [3.8, 4) is 11.4 Å². The van der Waals surface area contributed by atoms with E-state index in [1.54, 1.807) is 12.1 Å². The van der Waals surface area contributed by atoms with Crippen LogP contribution in [0.5, 0.6) is 0 Å². The van der Waals surface area contributed by atoms with Crippen LogP contribution >= 0.6 is 23.2 Å². The van der Waals surface area contributed by atoms with Crippen LogP contribution in [-0.2, 0) is 10.3 Å². The topological polar surface area (TPSA) is 60.9 Å². The van der Waals surface area contributed by atoms with E-state index >= 15 is 0 Å². The predicted molar refractivity (Wildman–Crippen MR) is 136 cm³/mol. The van der Waals surface area contributed by atoms with Crippen molar-refractivity contribution in [3.63, 3.8) is 0 Å². The molecule has 174 valence electrons. The van der Waals surface area contributed by atoms with Gasteiger partial charge in [0.25, 0.3) is 0 Å². The molecule has 0 radical (unpaired) electrons.